The van der Waals surface area contributed by atoms with Crippen molar-refractivity contribution in [2.24, 2.45) is 0 Å². The molecular weight excluding hydrogens is 642 g/mol. The van der Waals surface area contributed by atoms with Crippen molar-refractivity contribution in [3.63, 3.8) is 0 Å². The molecule has 0 heterocycles. The number of rotatable bonds is 38. The average molecular weight is 724 g/mol. The average Bonchev–Trinajstić information content (AvgIpc) is 3.08. The van der Waals surface area contributed by atoms with Crippen molar-refractivity contribution in [1.82, 2.24) is 0 Å². The monoisotopic (exact) mass is 724 g/mol. The molecule has 8 nitrogen and oxygen atoms in total. The Morgan fingerprint density at radius 3 is 1.45 bits per heavy atom. The van der Waals surface area contributed by atoms with Crippen LogP contribution in [0.2, 0.25) is 0 Å². The van der Waals surface area contributed by atoms with Gasteiger partial charge in [-0.3, -0.25) is 9.59 Å². The summed E-state index contributed by atoms with van der Waals surface area (Å²) in [7, 11) is 5.40. The Morgan fingerprint density at radius 2 is 0.980 bits per heavy atom. The van der Waals surface area contributed by atoms with Crippen LogP contribution < -0.4 is 5.11 Å². The normalized spacial score (nSPS) is 13.0. The number of unbranched alkanes of at least 4 members (excludes halogenated alkanes) is 22. The molecule has 0 aliphatic carbocycles. The molecule has 0 saturated heterocycles. The summed E-state index contributed by atoms with van der Waals surface area (Å²) in [4.78, 5) is 36.7. The van der Waals surface area contributed by atoms with E-state index in [0.717, 1.165) is 51.4 Å². The van der Waals surface area contributed by atoms with Crippen molar-refractivity contribution in [3.05, 3.63) is 12.2 Å². The highest BCUT2D eigenvalue weighted by Gasteiger charge is 2.25. The molecule has 0 bridgehead atoms. The molecule has 8 heteroatoms. The number of hydrogen-bond donors (Lipinski definition) is 0. The van der Waals surface area contributed by atoms with Gasteiger partial charge in [0.25, 0.3) is 0 Å². The van der Waals surface area contributed by atoms with Gasteiger partial charge < -0.3 is 28.6 Å². The minimum absolute atomic E-state index is 0.0425. The second-order valence-corrected chi connectivity index (χ2v) is 15.6. The standard InChI is InChI=1S/C43H81NO7/c1-6-8-10-12-14-16-18-20-21-22-24-25-27-29-31-33-41(45)50-38-39(37-49-36-35-40(43(47)48)44(3,4)5)51-42(46)34-32-30-28-26-23-19-17-15-13-11-9-7-2/h15,17,39-40H,6-14,16,18-38H2,1-5H3/b17-15+. The number of esters is 2. The number of quaternary nitrogens is 1. The Kier molecular flexibility index (Phi) is 33.8. The highest BCUT2D eigenvalue weighted by atomic mass is 16.6. The van der Waals surface area contributed by atoms with Gasteiger partial charge in [0.15, 0.2) is 6.10 Å². The number of aliphatic carboxylic acids is 1. The number of allylic oxidation sites excluding steroid dienone is 2. The number of likely N-dealkylation sites (N-methyl/N-ethyl adjacent to an activating group) is 1. The van der Waals surface area contributed by atoms with E-state index in [4.69, 9.17) is 14.2 Å². The lowest BCUT2D eigenvalue weighted by Crippen LogP contribution is -2.55. The summed E-state index contributed by atoms with van der Waals surface area (Å²) in [5.41, 5.74) is 0. The second-order valence-electron chi connectivity index (χ2n) is 15.6. The maximum absolute atomic E-state index is 12.7. The summed E-state index contributed by atoms with van der Waals surface area (Å²) in [5.74, 6) is -1.74. The molecule has 0 aliphatic rings. The summed E-state index contributed by atoms with van der Waals surface area (Å²) >= 11 is 0. The summed E-state index contributed by atoms with van der Waals surface area (Å²) < 4.78 is 17.1. The third-order valence-electron chi connectivity index (χ3n) is 9.65. The van der Waals surface area contributed by atoms with Crippen molar-refractivity contribution >= 4 is 17.9 Å². The van der Waals surface area contributed by atoms with Crippen LogP contribution in [0.5, 0.6) is 0 Å². The Hall–Kier alpha value is -1.93. The molecular formula is C43H81NO7. The van der Waals surface area contributed by atoms with Gasteiger partial charge in [-0.15, -0.1) is 0 Å². The first-order valence-electron chi connectivity index (χ1n) is 21.2. The predicted molar refractivity (Wildman–Crippen MR) is 208 cm³/mol. The van der Waals surface area contributed by atoms with E-state index >= 15 is 0 Å². The van der Waals surface area contributed by atoms with Crippen LogP contribution in [0.3, 0.4) is 0 Å². The van der Waals surface area contributed by atoms with Crippen molar-refractivity contribution < 1.29 is 38.2 Å². The number of carboxylic acid groups (broad SMARTS) is 1. The summed E-state index contributed by atoms with van der Waals surface area (Å²) in [6.45, 7) is 4.64. The summed E-state index contributed by atoms with van der Waals surface area (Å²) in [6.07, 6.45) is 35.1. The Bertz CT molecular complexity index is 854. The van der Waals surface area contributed by atoms with Crippen LogP contribution in [-0.4, -0.2) is 75.5 Å². The molecule has 51 heavy (non-hydrogen) atoms. The van der Waals surface area contributed by atoms with Crippen LogP contribution in [0.15, 0.2) is 12.2 Å². The van der Waals surface area contributed by atoms with E-state index in [0.29, 0.717) is 12.8 Å². The SMILES string of the molecule is CCCCC/C=C/CCCCCCCC(=O)OC(COCCC(C(=O)[O-])[N+](C)(C)C)COC(=O)CCCCCCCCCCCCCCCCC. The Morgan fingerprint density at radius 1 is 0.569 bits per heavy atom. The zero-order chi connectivity index (χ0) is 37.8. The first-order valence-corrected chi connectivity index (χ1v) is 21.2. The molecule has 0 amide bonds. The third-order valence-corrected chi connectivity index (χ3v) is 9.65. The summed E-state index contributed by atoms with van der Waals surface area (Å²) in [5, 5.41) is 11.6. The fourth-order valence-corrected chi connectivity index (χ4v) is 6.30. The second kappa shape index (κ2) is 35.1. The van der Waals surface area contributed by atoms with E-state index < -0.39 is 18.1 Å². The third kappa shape index (κ3) is 33.6. The minimum atomic E-state index is -1.12. The quantitative estimate of drug-likeness (QED) is 0.0271. The van der Waals surface area contributed by atoms with E-state index in [2.05, 4.69) is 26.0 Å². The van der Waals surface area contributed by atoms with Gasteiger partial charge in [0.2, 0.25) is 0 Å². The number of hydrogen-bond acceptors (Lipinski definition) is 7. The molecule has 0 fully saturated rings. The number of ether oxygens (including phenoxy) is 3. The predicted octanol–water partition coefficient (Wildman–Crippen LogP) is 9.80. The van der Waals surface area contributed by atoms with E-state index in [9.17, 15) is 19.5 Å². The van der Waals surface area contributed by atoms with Crippen molar-refractivity contribution in [2.75, 3.05) is 41.0 Å². The Labute approximate surface area is 314 Å². The minimum Gasteiger partial charge on any atom is -0.544 e. The van der Waals surface area contributed by atoms with Crippen molar-refractivity contribution in [3.8, 4) is 0 Å². The first-order chi connectivity index (χ1) is 24.6. The molecule has 2 atom stereocenters. The number of carboxylic acids is 1. The molecule has 2 unspecified atom stereocenters. The van der Waals surface area contributed by atoms with Gasteiger partial charge in [0.05, 0.1) is 40.3 Å². The molecule has 0 rings (SSSR count). The smallest absolute Gasteiger partial charge is 0.306 e. The lowest BCUT2D eigenvalue weighted by atomic mass is 10.0. The van der Waals surface area contributed by atoms with Gasteiger partial charge in [-0.1, -0.05) is 148 Å². The van der Waals surface area contributed by atoms with E-state index in [-0.39, 0.29) is 42.7 Å². The van der Waals surface area contributed by atoms with Crippen LogP contribution in [0.25, 0.3) is 0 Å². The van der Waals surface area contributed by atoms with Gasteiger partial charge in [0, 0.05) is 19.3 Å². The molecule has 0 aromatic rings. The highest BCUT2D eigenvalue weighted by Crippen LogP contribution is 2.15. The maximum atomic E-state index is 12.7. The fourth-order valence-electron chi connectivity index (χ4n) is 6.30. The zero-order valence-corrected chi connectivity index (χ0v) is 34.0. The molecule has 0 spiro atoms. The van der Waals surface area contributed by atoms with Gasteiger partial charge in [0.1, 0.15) is 12.6 Å². The number of nitrogens with zero attached hydrogens (tertiary/aromatic N) is 1. The van der Waals surface area contributed by atoms with Crippen LogP contribution in [0.4, 0.5) is 0 Å². The maximum Gasteiger partial charge on any atom is 0.306 e. The molecule has 0 N–H and O–H groups in total. The molecule has 0 aromatic carbocycles. The molecule has 0 saturated carbocycles. The highest BCUT2D eigenvalue weighted by molar-refractivity contribution is 5.70. The van der Waals surface area contributed by atoms with Crippen molar-refractivity contribution in [2.45, 2.75) is 206 Å². The fraction of sp³-hybridized carbons (Fsp3) is 0.884. The zero-order valence-electron chi connectivity index (χ0n) is 34.0. The van der Waals surface area contributed by atoms with Gasteiger partial charge in [-0.2, -0.15) is 0 Å². The van der Waals surface area contributed by atoms with Gasteiger partial charge in [-0.05, 0) is 38.5 Å². The van der Waals surface area contributed by atoms with Crippen LogP contribution in [0, 0.1) is 0 Å². The van der Waals surface area contributed by atoms with Crippen molar-refractivity contribution in [1.29, 1.82) is 0 Å². The molecule has 0 radical (unpaired) electrons. The van der Waals surface area contributed by atoms with Gasteiger partial charge in [-0.25, -0.2) is 0 Å². The van der Waals surface area contributed by atoms with Crippen LogP contribution in [-0.2, 0) is 28.6 Å². The van der Waals surface area contributed by atoms with Crippen LogP contribution in [0.1, 0.15) is 194 Å². The topological polar surface area (TPSA) is 102 Å². The largest absolute Gasteiger partial charge is 0.544 e. The lowest BCUT2D eigenvalue weighted by Gasteiger charge is -2.34. The van der Waals surface area contributed by atoms with E-state index in [1.807, 2.05) is 0 Å². The Balaban J connectivity index is 4.34. The lowest BCUT2D eigenvalue weighted by molar-refractivity contribution is -0.889. The molecule has 300 valence electrons. The van der Waals surface area contributed by atoms with E-state index in [1.165, 1.54) is 109 Å². The molecule has 0 aliphatic heterocycles. The van der Waals surface area contributed by atoms with E-state index in [1.54, 1.807) is 21.1 Å². The molecule has 0 aromatic heterocycles. The summed E-state index contributed by atoms with van der Waals surface area (Å²) in [6, 6.07) is -0.722. The van der Waals surface area contributed by atoms with Crippen LogP contribution >= 0.6 is 0 Å². The van der Waals surface area contributed by atoms with Gasteiger partial charge >= 0.3 is 11.9 Å². The first kappa shape index (κ1) is 49.1. The number of carbonyl (C=O) groups is 3. The number of carbonyl (C=O) groups excluding carboxylic acids is 3.